The molecular weight excluding hydrogens is 414 g/mol. The number of hydrogen-bond donors (Lipinski definition) is 1. The van der Waals surface area contributed by atoms with Gasteiger partial charge in [-0.3, -0.25) is 9.78 Å². The fourth-order valence-corrected chi connectivity index (χ4v) is 5.22. The molecule has 0 bridgehead atoms. The zero-order chi connectivity index (χ0) is 21.7. The van der Waals surface area contributed by atoms with Crippen LogP contribution in [-0.2, 0) is 21.2 Å². The van der Waals surface area contributed by atoms with Gasteiger partial charge in [0, 0.05) is 38.0 Å². The average molecular weight is 440 g/mol. The molecule has 3 aromatic rings. The molecule has 1 fully saturated rings. The number of aryl methyl sites for hydroxylation is 1. The number of benzene rings is 1. The van der Waals surface area contributed by atoms with Crippen LogP contribution in [0, 0.1) is 0 Å². The summed E-state index contributed by atoms with van der Waals surface area (Å²) in [4.78, 5) is 16.5. The molecule has 0 atom stereocenters. The molecule has 0 radical (unpaired) electrons. The average Bonchev–Trinajstić information content (AvgIpc) is 3.27. The first-order valence-electron chi connectivity index (χ1n) is 10.3. The predicted molar refractivity (Wildman–Crippen MR) is 117 cm³/mol. The minimum atomic E-state index is -3.55. The molecule has 0 unspecified atom stereocenters. The molecule has 162 valence electrons. The maximum atomic E-state index is 12.8. The van der Waals surface area contributed by atoms with Gasteiger partial charge >= 0.3 is 0 Å². The Morgan fingerprint density at radius 3 is 2.52 bits per heavy atom. The number of anilines is 1. The zero-order valence-electron chi connectivity index (χ0n) is 17.1. The molecule has 1 saturated heterocycles. The maximum absolute atomic E-state index is 12.8. The summed E-state index contributed by atoms with van der Waals surface area (Å²) in [6, 6.07) is 14.9. The standard InChI is InChI=1S/C22H25N5O3S/c28-22(9-8-18-5-2-1-3-6-18)25-21-10-14-24-27(21)19-11-15-26(16-12-19)31(29,30)20-7-4-13-23-17-20/h1-7,10,13-14,17,19H,8-9,11-12,15-16H2,(H,25,28). The fourth-order valence-electron chi connectivity index (χ4n) is 3.79. The third-order valence-electron chi connectivity index (χ3n) is 5.46. The van der Waals surface area contributed by atoms with Crippen LogP contribution in [-0.4, -0.2) is 46.5 Å². The molecule has 3 heterocycles. The zero-order valence-corrected chi connectivity index (χ0v) is 17.9. The highest BCUT2D eigenvalue weighted by Crippen LogP contribution is 2.28. The summed E-state index contributed by atoms with van der Waals surface area (Å²) in [7, 11) is -3.55. The van der Waals surface area contributed by atoms with E-state index in [-0.39, 0.29) is 16.8 Å². The summed E-state index contributed by atoms with van der Waals surface area (Å²) in [5.41, 5.74) is 1.12. The molecule has 0 aliphatic carbocycles. The van der Waals surface area contributed by atoms with E-state index in [1.807, 2.05) is 30.3 Å². The molecule has 1 N–H and O–H groups in total. The van der Waals surface area contributed by atoms with Gasteiger partial charge in [0.15, 0.2) is 0 Å². The van der Waals surface area contributed by atoms with Gasteiger partial charge in [0.1, 0.15) is 10.7 Å². The van der Waals surface area contributed by atoms with E-state index < -0.39 is 10.0 Å². The Balaban J connectivity index is 1.35. The summed E-state index contributed by atoms with van der Waals surface area (Å²) >= 11 is 0. The monoisotopic (exact) mass is 439 g/mol. The van der Waals surface area contributed by atoms with Gasteiger partial charge in [-0.1, -0.05) is 30.3 Å². The van der Waals surface area contributed by atoms with Gasteiger partial charge in [0.05, 0.1) is 12.2 Å². The van der Waals surface area contributed by atoms with E-state index in [0.29, 0.717) is 44.6 Å². The van der Waals surface area contributed by atoms with Crippen LogP contribution in [0.5, 0.6) is 0 Å². The molecule has 31 heavy (non-hydrogen) atoms. The predicted octanol–water partition coefficient (Wildman–Crippen LogP) is 2.88. The van der Waals surface area contributed by atoms with Crippen molar-refractivity contribution in [1.29, 1.82) is 0 Å². The van der Waals surface area contributed by atoms with Crippen molar-refractivity contribution in [3.05, 3.63) is 72.7 Å². The molecular formula is C22H25N5O3S. The Labute approximate surface area is 182 Å². The van der Waals surface area contributed by atoms with Gasteiger partial charge in [-0.2, -0.15) is 9.40 Å². The molecule has 1 amide bonds. The summed E-state index contributed by atoms with van der Waals surface area (Å²) in [5.74, 6) is 0.578. The number of nitrogens with zero attached hydrogens (tertiary/aromatic N) is 4. The Morgan fingerprint density at radius 1 is 1.03 bits per heavy atom. The third-order valence-corrected chi connectivity index (χ3v) is 7.35. The second kappa shape index (κ2) is 9.40. The van der Waals surface area contributed by atoms with Crippen molar-refractivity contribution in [1.82, 2.24) is 19.1 Å². The second-order valence-corrected chi connectivity index (χ2v) is 9.46. The van der Waals surface area contributed by atoms with Crippen molar-refractivity contribution >= 4 is 21.7 Å². The molecule has 1 aliphatic heterocycles. The highest BCUT2D eigenvalue weighted by Gasteiger charge is 2.31. The van der Waals surface area contributed by atoms with Crippen LogP contribution < -0.4 is 5.32 Å². The number of pyridine rings is 1. The van der Waals surface area contributed by atoms with Gasteiger partial charge in [-0.25, -0.2) is 13.1 Å². The minimum Gasteiger partial charge on any atom is -0.311 e. The SMILES string of the molecule is O=C(CCc1ccccc1)Nc1ccnn1C1CCN(S(=O)(=O)c2cccnc2)CC1. The van der Waals surface area contributed by atoms with Gasteiger partial charge in [0.25, 0.3) is 0 Å². The molecule has 1 aliphatic rings. The fraction of sp³-hybridized carbons (Fsp3) is 0.318. The first-order chi connectivity index (χ1) is 15.0. The van der Waals surface area contributed by atoms with Crippen molar-refractivity contribution in [3.8, 4) is 0 Å². The number of hydrogen-bond acceptors (Lipinski definition) is 5. The Morgan fingerprint density at radius 2 is 1.81 bits per heavy atom. The van der Waals surface area contributed by atoms with Crippen LogP contribution in [0.25, 0.3) is 0 Å². The van der Waals surface area contributed by atoms with E-state index in [1.165, 1.54) is 10.5 Å². The quantitative estimate of drug-likeness (QED) is 0.611. The summed E-state index contributed by atoms with van der Waals surface area (Å²) in [5, 5.41) is 7.33. The number of carbonyl (C=O) groups is 1. The number of nitrogens with one attached hydrogen (secondary N) is 1. The molecule has 0 saturated carbocycles. The van der Waals surface area contributed by atoms with Crippen molar-refractivity contribution in [2.24, 2.45) is 0 Å². The highest BCUT2D eigenvalue weighted by molar-refractivity contribution is 7.89. The normalized spacial score (nSPS) is 15.6. The van der Waals surface area contributed by atoms with Crippen molar-refractivity contribution in [3.63, 3.8) is 0 Å². The lowest BCUT2D eigenvalue weighted by Crippen LogP contribution is -2.39. The van der Waals surface area contributed by atoms with Crippen molar-refractivity contribution in [2.75, 3.05) is 18.4 Å². The molecule has 2 aromatic heterocycles. The highest BCUT2D eigenvalue weighted by atomic mass is 32.2. The Bertz CT molecular complexity index is 1110. The van der Waals surface area contributed by atoms with E-state index in [4.69, 9.17) is 0 Å². The number of rotatable bonds is 7. The van der Waals surface area contributed by atoms with Crippen LogP contribution in [0.4, 0.5) is 5.82 Å². The van der Waals surface area contributed by atoms with E-state index in [1.54, 1.807) is 35.3 Å². The van der Waals surface area contributed by atoms with Gasteiger partial charge in [-0.15, -0.1) is 0 Å². The lowest BCUT2D eigenvalue weighted by atomic mass is 10.1. The van der Waals surface area contributed by atoms with Crippen LogP contribution >= 0.6 is 0 Å². The topological polar surface area (TPSA) is 97.2 Å². The molecule has 1 aromatic carbocycles. The first kappa shape index (κ1) is 21.2. The molecule has 8 nitrogen and oxygen atoms in total. The van der Waals surface area contributed by atoms with E-state index in [9.17, 15) is 13.2 Å². The largest absolute Gasteiger partial charge is 0.311 e. The van der Waals surface area contributed by atoms with Gasteiger partial charge in [-0.05, 0) is 37.0 Å². The lowest BCUT2D eigenvalue weighted by Gasteiger charge is -2.31. The number of piperidine rings is 1. The first-order valence-corrected chi connectivity index (χ1v) is 11.8. The lowest BCUT2D eigenvalue weighted by molar-refractivity contribution is -0.116. The van der Waals surface area contributed by atoms with E-state index in [2.05, 4.69) is 15.4 Å². The number of aromatic nitrogens is 3. The smallest absolute Gasteiger partial charge is 0.244 e. The van der Waals surface area contributed by atoms with E-state index in [0.717, 1.165) is 5.56 Å². The van der Waals surface area contributed by atoms with Crippen LogP contribution in [0.1, 0.15) is 30.9 Å². The molecule has 9 heteroatoms. The number of amides is 1. The van der Waals surface area contributed by atoms with Gasteiger partial charge in [0.2, 0.25) is 15.9 Å². The maximum Gasteiger partial charge on any atom is 0.244 e. The van der Waals surface area contributed by atoms with E-state index >= 15 is 0 Å². The summed E-state index contributed by atoms with van der Waals surface area (Å²) in [6.45, 7) is 0.784. The van der Waals surface area contributed by atoms with Crippen molar-refractivity contribution < 1.29 is 13.2 Å². The van der Waals surface area contributed by atoms with Gasteiger partial charge < -0.3 is 5.32 Å². The number of sulfonamides is 1. The van der Waals surface area contributed by atoms with Crippen LogP contribution in [0.2, 0.25) is 0 Å². The molecule has 4 rings (SSSR count). The van der Waals surface area contributed by atoms with Crippen LogP contribution in [0.15, 0.2) is 72.0 Å². The second-order valence-electron chi connectivity index (χ2n) is 7.52. The third kappa shape index (κ3) is 5.00. The summed E-state index contributed by atoms with van der Waals surface area (Å²) < 4.78 is 28.9. The minimum absolute atomic E-state index is 0.0276. The molecule has 0 spiro atoms. The summed E-state index contributed by atoms with van der Waals surface area (Å²) in [6.07, 6.45) is 6.88. The van der Waals surface area contributed by atoms with Crippen LogP contribution in [0.3, 0.4) is 0 Å². The Hall–Kier alpha value is -3.04. The number of carbonyl (C=O) groups excluding carboxylic acids is 1. The Kier molecular flexibility index (Phi) is 6.43. The van der Waals surface area contributed by atoms with Crippen molar-refractivity contribution in [2.45, 2.75) is 36.6 Å².